The van der Waals surface area contributed by atoms with Gasteiger partial charge in [-0.15, -0.1) is 11.3 Å². The van der Waals surface area contributed by atoms with E-state index in [1.165, 1.54) is 29.0 Å². The van der Waals surface area contributed by atoms with Crippen LogP contribution in [0.15, 0.2) is 58.8 Å². The number of aryl methyl sites for hydroxylation is 1. The van der Waals surface area contributed by atoms with Gasteiger partial charge in [0.05, 0.1) is 10.6 Å². The second-order valence-corrected chi connectivity index (χ2v) is 11.0. The molecule has 1 aliphatic rings. The second kappa shape index (κ2) is 9.52. The Hall–Kier alpha value is -2.55. The summed E-state index contributed by atoms with van der Waals surface area (Å²) in [6.45, 7) is 5.27. The third-order valence-corrected chi connectivity index (χ3v) is 8.39. The molecule has 0 aliphatic carbocycles. The number of thiazole rings is 1. The molecule has 0 saturated carbocycles. The smallest absolute Gasteiger partial charge is 0.257 e. The quantitative estimate of drug-likeness (QED) is 0.548. The Labute approximate surface area is 193 Å². The van der Waals surface area contributed by atoms with E-state index in [0.29, 0.717) is 29.7 Å². The van der Waals surface area contributed by atoms with Crippen LogP contribution in [-0.4, -0.2) is 36.7 Å². The maximum Gasteiger partial charge on any atom is 0.257 e. The van der Waals surface area contributed by atoms with Crippen LogP contribution in [0.4, 0.5) is 5.13 Å². The zero-order valence-corrected chi connectivity index (χ0v) is 19.9. The molecule has 1 amide bonds. The lowest BCUT2D eigenvalue weighted by Crippen LogP contribution is -2.39. The Morgan fingerprint density at radius 2 is 1.88 bits per heavy atom. The average Bonchev–Trinajstić information content (AvgIpc) is 3.27. The van der Waals surface area contributed by atoms with Gasteiger partial charge in [0, 0.05) is 29.6 Å². The van der Waals surface area contributed by atoms with E-state index in [2.05, 4.69) is 36.3 Å². The Kier molecular flexibility index (Phi) is 6.74. The molecular formula is C24H27N3O3S2. The van der Waals surface area contributed by atoms with Gasteiger partial charge in [-0.1, -0.05) is 38.1 Å². The summed E-state index contributed by atoms with van der Waals surface area (Å²) in [5.74, 6) is 0.0409. The summed E-state index contributed by atoms with van der Waals surface area (Å²) in [4.78, 5) is 17.4. The van der Waals surface area contributed by atoms with E-state index in [1.54, 1.807) is 16.4 Å². The fourth-order valence-corrected chi connectivity index (χ4v) is 6.15. The summed E-state index contributed by atoms with van der Waals surface area (Å²) in [6, 6.07) is 14.3. The Balaban J connectivity index is 1.43. The van der Waals surface area contributed by atoms with Gasteiger partial charge in [0.2, 0.25) is 10.0 Å². The van der Waals surface area contributed by atoms with Crippen LogP contribution in [0.3, 0.4) is 0 Å². The summed E-state index contributed by atoms with van der Waals surface area (Å²) < 4.78 is 27.3. The van der Waals surface area contributed by atoms with Gasteiger partial charge >= 0.3 is 0 Å². The van der Waals surface area contributed by atoms with E-state index in [-0.39, 0.29) is 10.8 Å². The van der Waals surface area contributed by atoms with Crippen molar-refractivity contribution in [3.8, 4) is 11.3 Å². The average molecular weight is 470 g/mol. The number of hydrogen-bond donors (Lipinski definition) is 1. The number of carbonyl (C=O) groups is 1. The van der Waals surface area contributed by atoms with Crippen molar-refractivity contribution in [3.63, 3.8) is 0 Å². The van der Waals surface area contributed by atoms with Crippen molar-refractivity contribution in [1.29, 1.82) is 0 Å². The van der Waals surface area contributed by atoms with Crippen LogP contribution in [0.5, 0.6) is 0 Å². The molecule has 1 saturated heterocycles. The van der Waals surface area contributed by atoms with Crippen LogP contribution in [0.25, 0.3) is 11.3 Å². The topological polar surface area (TPSA) is 79.4 Å². The number of nitrogens with zero attached hydrogens (tertiary/aromatic N) is 2. The van der Waals surface area contributed by atoms with Gasteiger partial charge in [0.15, 0.2) is 5.13 Å². The molecule has 6 nitrogen and oxygen atoms in total. The predicted molar refractivity (Wildman–Crippen MR) is 128 cm³/mol. The lowest BCUT2D eigenvalue weighted by atomic mass is 10.0. The third-order valence-electron chi connectivity index (χ3n) is 5.76. The normalized spacial score (nSPS) is 17.2. The summed E-state index contributed by atoms with van der Waals surface area (Å²) in [7, 11) is -3.54. The van der Waals surface area contributed by atoms with E-state index in [0.717, 1.165) is 30.5 Å². The first-order valence-electron chi connectivity index (χ1n) is 10.8. The number of anilines is 1. The first-order valence-corrected chi connectivity index (χ1v) is 13.1. The highest BCUT2D eigenvalue weighted by Gasteiger charge is 2.28. The van der Waals surface area contributed by atoms with Gasteiger partial charge < -0.3 is 0 Å². The monoisotopic (exact) mass is 469 g/mol. The maximum absolute atomic E-state index is 12.9. The summed E-state index contributed by atoms with van der Waals surface area (Å²) >= 11 is 1.36. The fraction of sp³-hybridized carbons (Fsp3) is 0.333. The lowest BCUT2D eigenvalue weighted by Gasteiger charge is -2.30. The highest BCUT2D eigenvalue weighted by Crippen LogP contribution is 2.26. The van der Waals surface area contributed by atoms with Crippen molar-refractivity contribution in [2.24, 2.45) is 5.92 Å². The van der Waals surface area contributed by atoms with Gasteiger partial charge in [-0.3, -0.25) is 10.1 Å². The number of carbonyl (C=O) groups excluding carboxylic acids is 1. The number of sulfonamides is 1. The molecule has 0 bridgehead atoms. The number of benzene rings is 2. The first-order chi connectivity index (χ1) is 15.4. The van der Waals surface area contributed by atoms with Crippen LogP contribution in [-0.2, 0) is 16.4 Å². The molecule has 168 valence electrons. The SMILES string of the molecule is CCc1ccc(-c2csc(NC(=O)c3ccc(S(=O)(=O)N4CCCC(C)C4)cc3)n2)cc1. The molecule has 0 spiro atoms. The van der Waals surface area contributed by atoms with Crippen molar-refractivity contribution < 1.29 is 13.2 Å². The van der Waals surface area contributed by atoms with Crippen LogP contribution >= 0.6 is 11.3 Å². The van der Waals surface area contributed by atoms with Crippen molar-refractivity contribution in [1.82, 2.24) is 9.29 Å². The summed E-state index contributed by atoms with van der Waals surface area (Å²) in [6.07, 6.45) is 2.91. The first kappa shape index (κ1) is 22.6. The van der Waals surface area contributed by atoms with E-state index in [9.17, 15) is 13.2 Å². The highest BCUT2D eigenvalue weighted by atomic mass is 32.2. The van der Waals surface area contributed by atoms with Crippen molar-refractivity contribution >= 4 is 32.4 Å². The summed E-state index contributed by atoms with van der Waals surface area (Å²) in [5.41, 5.74) is 3.46. The molecule has 8 heteroatoms. The number of hydrogen-bond acceptors (Lipinski definition) is 5. The minimum absolute atomic E-state index is 0.218. The molecule has 0 radical (unpaired) electrons. The molecular weight excluding hydrogens is 442 g/mol. The molecule has 2 aromatic carbocycles. The molecule has 1 aliphatic heterocycles. The van der Waals surface area contributed by atoms with E-state index in [4.69, 9.17) is 0 Å². The molecule has 1 atom stereocenters. The standard InChI is InChI=1S/C24H27N3O3S2/c1-3-18-6-8-19(9-7-18)22-16-31-24(25-22)26-23(28)20-10-12-21(13-11-20)32(29,30)27-14-4-5-17(2)15-27/h6-13,16-17H,3-5,14-15H2,1-2H3,(H,25,26,28). The van der Waals surface area contributed by atoms with E-state index < -0.39 is 10.0 Å². The maximum atomic E-state index is 12.9. The minimum atomic E-state index is -3.54. The predicted octanol–water partition coefficient (Wildman–Crippen LogP) is 5.05. The highest BCUT2D eigenvalue weighted by molar-refractivity contribution is 7.89. The number of amides is 1. The van der Waals surface area contributed by atoms with Gasteiger partial charge in [0.25, 0.3) is 5.91 Å². The van der Waals surface area contributed by atoms with Gasteiger partial charge in [-0.25, -0.2) is 13.4 Å². The van der Waals surface area contributed by atoms with Crippen LogP contribution < -0.4 is 5.32 Å². The zero-order chi connectivity index (χ0) is 22.7. The van der Waals surface area contributed by atoms with E-state index >= 15 is 0 Å². The Bertz CT molecular complexity index is 1190. The zero-order valence-electron chi connectivity index (χ0n) is 18.2. The van der Waals surface area contributed by atoms with Crippen LogP contribution in [0.1, 0.15) is 42.6 Å². The molecule has 2 heterocycles. The third kappa shape index (κ3) is 4.92. The Morgan fingerprint density at radius 1 is 1.16 bits per heavy atom. The number of aromatic nitrogens is 1. The number of piperidine rings is 1. The molecule has 1 fully saturated rings. The minimum Gasteiger partial charge on any atom is -0.298 e. The summed E-state index contributed by atoms with van der Waals surface area (Å²) in [5, 5.41) is 5.22. The van der Waals surface area contributed by atoms with E-state index in [1.807, 2.05) is 17.5 Å². The van der Waals surface area contributed by atoms with Crippen molar-refractivity contribution in [3.05, 3.63) is 65.0 Å². The molecule has 32 heavy (non-hydrogen) atoms. The van der Waals surface area contributed by atoms with Gasteiger partial charge in [-0.2, -0.15) is 4.31 Å². The lowest BCUT2D eigenvalue weighted by molar-refractivity contribution is 0.102. The van der Waals surface area contributed by atoms with Crippen molar-refractivity contribution in [2.45, 2.75) is 38.0 Å². The van der Waals surface area contributed by atoms with Gasteiger partial charge in [-0.05, 0) is 55.0 Å². The largest absolute Gasteiger partial charge is 0.298 e. The van der Waals surface area contributed by atoms with Crippen LogP contribution in [0.2, 0.25) is 0 Å². The van der Waals surface area contributed by atoms with Crippen molar-refractivity contribution in [2.75, 3.05) is 18.4 Å². The molecule has 4 rings (SSSR count). The fourth-order valence-electron chi connectivity index (χ4n) is 3.84. The number of rotatable bonds is 6. The van der Waals surface area contributed by atoms with Crippen LogP contribution in [0, 0.1) is 5.92 Å². The number of nitrogens with one attached hydrogen (secondary N) is 1. The molecule has 3 aromatic rings. The molecule has 1 unspecified atom stereocenters. The Morgan fingerprint density at radius 3 is 2.53 bits per heavy atom. The second-order valence-electron chi connectivity index (χ2n) is 8.18. The van der Waals surface area contributed by atoms with Gasteiger partial charge in [0.1, 0.15) is 0 Å². The molecule has 1 aromatic heterocycles. The molecule has 1 N–H and O–H groups in total.